The normalized spacial score (nSPS) is 20.5. The zero-order valence-corrected chi connectivity index (χ0v) is 14.8. The number of benzene rings is 2. The van der Waals surface area contributed by atoms with E-state index >= 15 is 0 Å². The average molecular weight is 356 g/mol. The first-order valence-electron chi connectivity index (χ1n) is 8.26. The van der Waals surface area contributed by atoms with Crippen molar-refractivity contribution in [1.82, 2.24) is 4.90 Å². The maximum Gasteiger partial charge on any atom is 0.336 e. The average Bonchev–Trinajstić information content (AvgIpc) is 2.73. The number of aromatic carboxylic acids is 1. The lowest BCUT2D eigenvalue weighted by atomic mass is 9.77. The Labute approximate surface area is 151 Å². The summed E-state index contributed by atoms with van der Waals surface area (Å²) in [6, 6.07) is 10.8. The first kappa shape index (κ1) is 16.2. The summed E-state index contributed by atoms with van der Waals surface area (Å²) in [7, 11) is 0. The van der Waals surface area contributed by atoms with Gasteiger partial charge in [0, 0.05) is 11.6 Å². The summed E-state index contributed by atoms with van der Waals surface area (Å²) in [6.45, 7) is 4.69. The Morgan fingerprint density at radius 2 is 1.96 bits per heavy atom. The third kappa shape index (κ3) is 2.28. The Kier molecular flexibility index (Phi) is 3.45. The maximum atomic E-state index is 13.1. The number of hydrogen-bond donors (Lipinski definition) is 1. The van der Waals surface area contributed by atoms with Gasteiger partial charge in [-0.2, -0.15) is 0 Å². The number of amides is 1. The van der Waals surface area contributed by atoms with Gasteiger partial charge in [-0.05, 0) is 40.7 Å². The number of halogens is 1. The Morgan fingerprint density at radius 3 is 2.68 bits per heavy atom. The van der Waals surface area contributed by atoms with Gasteiger partial charge >= 0.3 is 5.97 Å². The fourth-order valence-corrected chi connectivity index (χ4v) is 4.47. The second kappa shape index (κ2) is 5.33. The van der Waals surface area contributed by atoms with E-state index in [9.17, 15) is 14.7 Å². The van der Waals surface area contributed by atoms with Gasteiger partial charge in [-0.25, -0.2) is 4.79 Å². The molecule has 0 saturated heterocycles. The Hall–Kier alpha value is -2.33. The van der Waals surface area contributed by atoms with Crippen LogP contribution in [0.3, 0.4) is 0 Å². The van der Waals surface area contributed by atoms with Crippen molar-refractivity contribution < 1.29 is 14.7 Å². The number of carboxylic acid groups (broad SMARTS) is 1. The highest BCUT2D eigenvalue weighted by molar-refractivity contribution is 6.31. The van der Waals surface area contributed by atoms with Crippen LogP contribution in [0.25, 0.3) is 0 Å². The van der Waals surface area contributed by atoms with Crippen molar-refractivity contribution in [1.29, 1.82) is 0 Å². The van der Waals surface area contributed by atoms with Crippen molar-refractivity contribution in [3.63, 3.8) is 0 Å². The van der Waals surface area contributed by atoms with Crippen LogP contribution in [-0.4, -0.2) is 21.9 Å². The molecule has 1 amide bonds. The molecule has 0 saturated carbocycles. The molecule has 0 bridgehead atoms. The predicted molar refractivity (Wildman–Crippen MR) is 95.1 cm³/mol. The Balaban J connectivity index is 1.91. The molecule has 128 valence electrons. The van der Waals surface area contributed by atoms with E-state index < -0.39 is 5.97 Å². The third-order valence-corrected chi connectivity index (χ3v) is 5.77. The van der Waals surface area contributed by atoms with Crippen LogP contribution in [0.5, 0.6) is 0 Å². The largest absolute Gasteiger partial charge is 0.478 e. The number of nitrogens with zero attached hydrogens (tertiary/aromatic N) is 1. The van der Waals surface area contributed by atoms with E-state index in [0.29, 0.717) is 17.1 Å². The molecule has 1 atom stereocenters. The molecular weight excluding hydrogens is 338 g/mol. The molecule has 25 heavy (non-hydrogen) atoms. The molecule has 2 aliphatic rings. The van der Waals surface area contributed by atoms with E-state index in [4.69, 9.17) is 11.6 Å². The van der Waals surface area contributed by atoms with Crippen LogP contribution in [0.15, 0.2) is 36.4 Å². The van der Waals surface area contributed by atoms with Gasteiger partial charge in [0.2, 0.25) is 0 Å². The Bertz CT molecular complexity index is 919. The maximum absolute atomic E-state index is 13.1. The van der Waals surface area contributed by atoms with Crippen molar-refractivity contribution in [2.24, 2.45) is 0 Å². The van der Waals surface area contributed by atoms with Crippen molar-refractivity contribution >= 4 is 23.5 Å². The van der Waals surface area contributed by atoms with Crippen LogP contribution < -0.4 is 0 Å². The van der Waals surface area contributed by atoms with Crippen LogP contribution in [0.1, 0.15) is 63.7 Å². The fourth-order valence-electron chi connectivity index (χ4n) is 4.24. The number of rotatable bonds is 1. The summed E-state index contributed by atoms with van der Waals surface area (Å²) in [6.07, 6.45) is 0.724. The zero-order valence-electron chi connectivity index (χ0n) is 14.0. The van der Waals surface area contributed by atoms with Crippen molar-refractivity contribution in [3.8, 4) is 0 Å². The van der Waals surface area contributed by atoms with Gasteiger partial charge in [0.1, 0.15) is 0 Å². The van der Waals surface area contributed by atoms with E-state index in [1.165, 1.54) is 6.07 Å². The molecule has 0 radical (unpaired) electrons. The minimum atomic E-state index is -1.07. The number of hydrogen-bond acceptors (Lipinski definition) is 2. The SMILES string of the molecule is CC1(C)C[C@H]2c3cccc(C(=O)O)c3C(=O)N2Cc2c(Cl)cccc21. The molecule has 0 spiro atoms. The van der Waals surface area contributed by atoms with Crippen LogP contribution in [0.2, 0.25) is 5.02 Å². The van der Waals surface area contributed by atoms with Crippen molar-refractivity contribution in [3.05, 3.63) is 69.2 Å². The lowest BCUT2D eigenvalue weighted by Gasteiger charge is -2.29. The smallest absolute Gasteiger partial charge is 0.336 e. The monoisotopic (exact) mass is 355 g/mol. The first-order valence-corrected chi connectivity index (χ1v) is 8.64. The van der Waals surface area contributed by atoms with Crippen LogP contribution >= 0.6 is 11.6 Å². The molecule has 1 N–H and O–H groups in total. The van der Waals surface area contributed by atoms with Crippen LogP contribution in [-0.2, 0) is 12.0 Å². The fraction of sp³-hybridized carbons (Fsp3) is 0.300. The summed E-state index contributed by atoms with van der Waals surface area (Å²) >= 11 is 6.44. The minimum absolute atomic E-state index is 0.0766. The molecule has 2 heterocycles. The van der Waals surface area contributed by atoms with E-state index in [2.05, 4.69) is 19.9 Å². The van der Waals surface area contributed by atoms with E-state index in [1.807, 2.05) is 18.2 Å². The molecule has 0 aromatic heterocycles. The molecule has 2 aromatic carbocycles. The second-order valence-electron chi connectivity index (χ2n) is 7.38. The van der Waals surface area contributed by atoms with E-state index in [-0.39, 0.29) is 22.9 Å². The topological polar surface area (TPSA) is 57.6 Å². The highest BCUT2D eigenvalue weighted by atomic mass is 35.5. The molecule has 2 aromatic rings. The van der Waals surface area contributed by atoms with Crippen molar-refractivity contribution in [2.45, 2.75) is 38.3 Å². The van der Waals surface area contributed by atoms with E-state index in [1.54, 1.807) is 11.0 Å². The minimum Gasteiger partial charge on any atom is -0.478 e. The summed E-state index contributed by atoms with van der Waals surface area (Å²) in [5, 5.41) is 10.1. The predicted octanol–water partition coefficient (Wildman–Crippen LogP) is 4.42. The lowest BCUT2D eigenvalue weighted by Crippen LogP contribution is -2.28. The molecule has 4 nitrogen and oxygen atoms in total. The number of carbonyl (C=O) groups excluding carboxylic acids is 1. The van der Waals surface area contributed by atoms with E-state index in [0.717, 1.165) is 23.1 Å². The standard InChI is InChI=1S/C20H18ClNO3/c1-20(2)9-16-11-5-3-6-12(19(24)25)17(11)18(23)22(16)10-13-14(20)7-4-8-15(13)21/h3-8,16H,9-10H2,1-2H3,(H,24,25)/t16-/m0/s1. The molecule has 4 rings (SSSR count). The van der Waals surface area contributed by atoms with Gasteiger partial charge in [0.25, 0.3) is 5.91 Å². The molecule has 0 fully saturated rings. The molecule has 0 aliphatic carbocycles. The van der Waals surface area contributed by atoms with Crippen LogP contribution in [0.4, 0.5) is 0 Å². The summed E-state index contributed by atoms with van der Waals surface area (Å²) in [4.78, 5) is 26.4. The third-order valence-electron chi connectivity index (χ3n) is 5.42. The first-order chi connectivity index (χ1) is 11.8. The molecule has 2 aliphatic heterocycles. The van der Waals surface area contributed by atoms with Gasteiger partial charge in [-0.1, -0.05) is 49.7 Å². The summed E-state index contributed by atoms with van der Waals surface area (Å²) < 4.78 is 0. The zero-order chi connectivity index (χ0) is 17.9. The number of carboxylic acids is 1. The van der Waals surface area contributed by atoms with Gasteiger partial charge in [0.05, 0.1) is 17.2 Å². The highest BCUT2D eigenvalue weighted by Crippen LogP contribution is 2.48. The van der Waals surface area contributed by atoms with Gasteiger partial charge < -0.3 is 10.0 Å². The van der Waals surface area contributed by atoms with Gasteiger partial charge in [-0.3, -0.25) is 4.79 Å². The molecular formula is C20H18ClNO3. The Morgan fingerprint density at radius 1 is 1.24 bits per heavy atom. The summed E-state index contributed by atoms with van der Waals surface area (Å²) in [5.41, 5.74) is 3.13. The number of fused-ring (bicyclic) bond motifs is 4. The van der Waals surface area contributed by atoms with Crippen molar-refractivity contribution in [2.75, 3.05) is 0 Å². The molecule has 5 heteroatoms. The van der Waals surface area contributed by atoms with Crippen LogP contribution in [0, 0.1) is 0 Å². The summed E-state index contributed by atoms with van der Waals surface area (Å²) in [5.74, 6) is -1.29. The van der Waals surface area contributed by atoms with Gasteiger partial charge in [-0.15, -0.1) is 0 Å². The van der Waals surface area contributed by atoms with Gasteiger partial charge in [0.15, 0.2) is 0 Å². The number of carbonyl (C=O) groups is 2. The molecule has 0 unspecified atom stereocenters. The lowest BCUT2D eigenvalue weighted by molar-refractivity contribution is 0.0662. The highest BCUT2D eigenvalue weighted by Gasteiger charge is 2.45. The quantitative estimate of drug-likeness (QED) is 0.824. The second-order valence-corrected chi connectivity index (χ2v) is 7.78.